The number of benzene rings is 1. The van der Waals surface area contributed by atoms with E-state index in [4.69, 9.17) is 16.4 Å². The third kappa shape index (κ3) is 4.84. The average Bonchev–Trinajstić information content (AvgIpc) is 3.27. The molecule has 1 aromatic heterocycles. The summed E-state index contributed by atoms with van der Waals surface area (Å²) in [4.78, 5) is 47.4. The van der Waals surface area contributed by atoms with Crippen LogP contribution in [0.1, 0.15) is 83.5 Å². The molecule has 0 saturated carbocycles. The number of halogens is 3. The predicted molar refractivity (Wildman–Crippen MR) is 144 cm³/mol. The van der Waals surface area contributed by atoms with E-state index in [-0.39, 0.29) is 23.8 Å². The lowest BCUT2D eigenvalue weighted by Crippen LogP contribution is -2.52. The quantitative estimate of drug-likeness (QED) is 0.379. The Balaban J connectivity index is 1.50. The molecule has 40 heavy (non-hydrogen) atoms. The Labute approximate surface area is 234 Å². The van der Waals surface area contributed by atoms with Crippen LogP contribution in [0.2, 0.25) is 0 Å². The number of aromatic hydroxyl groups is 1. The SMILES string of the molecule is Cc1cc(F)c(CNC(=O)c2cn3c(c(O)c2=O)C(=O)N2C[C@@H]3[C@]3(CC[C@@H]2C)CC(CCCCCl)=NO3)c(F)c1. The van der Waals surface area contributed by atoms with E-state index in [0.29, 0.717) is 37.1 Å². The fourth-order valence-electron chi connectivity index (χ4n) is 5.91. The number of hydrogen-bond donors (Lipinski definition) is 2. The van der Waals surface area contributed by atoms with Crippen LogP contribution in [0.3, 0.4) is 0 Å². The van der Waals surface area contributed by atoms with Gasteiger partial charge in [0.1, 0.15) is 17.2 Å². The van der Waals surface area contributed by atoms with Gasteiger partial charge in [0.25, 0.3) is 11.8 Å². The third-order valence-electron chi connectivity index (χ3n) is 8.17. The number of unbranched alkanes of at least 4 members (excludes halogenated alkanes) is 1. The molecule has 2 bridgehead atoms. The minimum absolute atomic E-state index is 0.177. The summed E-state index contributed by atoms with van der Waals surface area (Å²) in [6.45, 7) is 3.16. The van der Waals surface area contributed by atoms with Gasteiger partial charge in [0.2, 0.25) is 5.43 Å². The van der Waals surface area contributed by atoms with Crippen molar-refractivity contribution in [2.24, 2.45) is 5.16 Å². The van der Waals surface area contributed by atoms with Crippen LogP contribution in [0.4, 0.5) is 8.78 Å². The Morgan fingerprint density at radius 1 is 1.27 bits per heavy atom. The second-order valence-electron chi connectivity index (χ2n) is 10.9. The van der Waals surface area contributed by atoms with E-state index >= 15 is 0 Å². The molecule has 9 nitrogen and oxygen atoms in total. The van der Waals surface area contributed by atoms with Crippen molar-refractivity contribution >= 4 is 29.1 Å². The lowest BCUT2D eigenvalue weighted by molar-refractivity contribution is -0.0655. The van der Waals surface area contributed by atoms with Gasteiger partial charge in [-0.1, -0.05) is 5.16 Å². The molecule has 5 rings (SSSR count). The number of rotatable bonds is 7. The number of carbonyl (C=O) groups is 2. The first kappa shape index (κ1) is 28.1. The molecule has 1 spiro atoms. The zero-order valence-electron chi connectivity index (χ0n) is 22.3. The molecule has 12 heteroatoms. The highest BCUT2D eigenvalue weighted by Gasteiger charge is 2.54. The monoisotopic (exact) mass is 576 g/mol. The molecule has 2 amide bonds. The van der Waals surface area contributed by atoms with Crippen LogP contribution in [0, 0.1) is 18.6 Å². The minimum atomic E-state index is -1.05. The van der Waals surface area contributed by atoms with Gasteiger partial charge in [-0.15, -0.1) is 11.6 Å². The summed E-state index contributed by atoms with van der Waals surface area (Å²) in [5.41, 5.74) is -1.68. The number of aromatic nitrogens is 1. The number of fused-ring (bicyclic) bond motifs is 5. The number of pyridine rings is 1. The van der Waals surface area contributed by atoms with Gasteiger partial charge in [0.05, 0.1) is 11.8 Å². The van der Waals surface area contributed by atoms with Crippen LogP contribution in [-0.2, 0) is 11.4 Å². The zero-order chi connectivity index (χ0) is 28.8. The van der Waals surface area contributed by atoms with E-state index in [9.17, 15) is 28.3 Å². The first-order valence-electron chi connectivity index (χ1n) is 13.4. The highest BCUT2D eigenvalue weighted by Crippen LogP contribution is 2.46. The molecule has 3 aliphatic heterocycles. The van der Waals surface area contributed by atoms with Gasteiger partial charge in [0, 0.05) is 43.2 Å². The topological polar surface area (TPSA) is 113 Å². The van der Waals surface area contributed by atoms with Gasteiger partial charge in [-0.25, -0.2) is 8.78 Å². The second-order valence-corrected chi connectivity index (χ2v) is 11.2. The molecule has 4 heterocycles. The van der Waals surface area contributed by atoms with Crippen molar-refractivity contribution < 1.29 is 28.3 Å². The Kier molecular flexibility index (Phi) is 7.60. The van der Waals surface area contributed by atoms with E-state index in [1.807, 2.05) is 6.92 Å². The van der Waals surface area contributed by atoms with Crippen molar-refractivity contribution in [1.29, 1.82) is 0 Å². The Morgan fingerprint density at radius 2 is 2.00 bits per heavy atom. The van der Waals surface area contributed by atoms with Crippen molar-refractivity contribution in [3.8, 4) is 5.75 Å². The molecule has 1 saturated heterocycles. The van der Waals surface area contributed by atoms with Crippen molar-refractivity contribution in [2.45, 2.75) is 76.6 Å². The van der Waals surface area contributed by atoms with Gasteiger partial charge in [0.15, 0.2) is 17.0 Å². The van der Waals surface area contributed by atoms with E-state index in [0.717, 1.165) is 30.7 Å². The molecular weight excluding hydrogens is 546 g/mol. The molecule has 2 aromatic rings. The molecule has 214 valence electrons. The second kappa shape index (κ2) is 10.8. The zero-order valence-corrected chi connectivity index (χ0v) is 23.1. The number of nitrogens with one attached hydrogen (secondary N) is 1. The summed E-state index contributed by atoms with van der Waals surface area (Å²) in [6, 6.07) is 1.55. The summed E-state index contributed by atoms with van der Waals surface area (Å²) in [5.74, 6) is -3.43. The lowest BCUT2D eigenvalue weighted by Gasteiger charge is -2.41. The highest BCUT2D eigenvalue weighted by molar-refractivity contribution is 6.17. The highest BCUT2D eigenvalue weighted by atomic mass is 35.5. The van der Waals surface area contributed by atoms with Crippen LogP contribution in [-0.4, -0.2) is 56.2 Å². The lowest BCUT2D eigenvalue weighted by atomic mass is 9.83. The molecule has 2 N–H and O–H groups in total. The van der Waals surface area contributed by atoms with Gasteiger partial charge >= 0.3 is 0 Å². The third-order valence-corrected chi connectivity index (χ3v) is 8.44. The van der Waals surface area contributed by atoms with E-state index in [1.54, 1.807) is 4.90 Å². The summed E-state index contributed by atoms with van der Waals surface area (Å²) in [5, 5.41) is 17.7. The molecule has 0 aliphatic carbocycles. The van der Waals surface area contributed by atoms with Crippen LogP contribution in [0.5, 0.6) is 5.75 Å². The van der Waals surface area contributed by atoms with Crippen molar-refractivity contribution in [1.82, 2.24) is 14.8 Å². The fourth-order valence-corrected chi connectivity index (χ4v) is 6.09. The number of amides is 2. The largest absolute Gasteiger partial charge is 0.503 e. The molecular formula is C28H31ClF2N4O5. The summed E-state index contributed by atoms with van der Waals surface area (Å²) in [6.07, 6.45) is 5.31. The number of hydrogen-bond acceptors (Lipinski definition) is 6. The molecule has 3 atom stereocenters. The maximum Gasteiger partial charge on any atom is 0.274 e. The van der Waals surface area contributed by atoms with Gasteiger partial charge in [-0.2, -0.15) is 0 Å². The van der Waals surface area contributed by atoms with Crippen LogP contribution >= 0.6 is 11.6 Å². The molecule has 1 fully saturated rings. The van der Waals surface area contributed by atoms with Gasteiger partial charge in [-0.3, -0.25) is 14.4 Å². The number of aryl methyl sites for hydroxylation is 1. The first-order chi connectivity index (χ1) is 19.1. The van der Waals surface area contributed by atoms with E-state index in [1.165, 1.54) is 17.7 Å². The number of nitrogens with zero attached hydrogens (tertiary/aromatic N) is 3. The van der Waals surface area contributed by atoms with Crippen LogP contribution in [0.15, 0.2) is 28.3 Å². The summed E-state index contributed by atoms with van der Waals surface area (Å²) >= 11 is 5.82. The normalized spacial score (nSPS) is 23.5. The Hall–Kier alpha value is -3.47. The maximum absolute atomic E-state index is 14.3. The number of alkyl halides is 1. The summed E-state index contributed by atoms with van der Waals surface area (Å²) in [7, 11) is 0. The van der Waals surface area contributed by atoms with Gasteiger partial charge in [-0.05, 0) is 63.6 Å². The fraction of sp³-hybridized carbons (Fsp3) is 0.500. The number of oxime groups is 1. The molecule has 1 aromatic carbocycles. The predicted octanol–water partition coefficient (Wildman–Crippen LogP) is 4.17. The first-order valence-corrected chi connectivity index (χ1v) is 13.9. The maximum atomic E-state index is 14.3. The Morgan fingerprint density at radius 3 is 2.70 bits per heavy atom. The smallest absolute Gasteiger partial charge is 0.274 e. The molecule has 3 aliphatic rings. The van der Waals surface area contributed by atoms with Crippen LogP contribution < -0.4 is 10.7 Å². The van der Waals surface area contributed by atoms with Crippen LogP contribution in [0.25, 0.3) is 0 Å². The standard InChI is InChI=1S/C28H31ClF2N4O5/c1-15-9-20(30)18(21(31)10-15)12-32-26(38)19-13-35-22-14-34(27(39)23(35)25(37)24(19)36)16(2)6-7-28(22)11-17(33-40-28)5-3-4-8-29/h9-10,13,16,22,37H,3-8,11-12,14H2,1-2H3,(H,32,38)/t16-,22+,28-/m0/s1. The van der Waals surface area contributed by atoms with Gasteiger partial charge < -0.3 is 24.7 Å². The van der Waals surface area contributed by atoms with E-state index < -0.39 is 58.4 Å². The van der Waals surface area contributed by atoms with E-state index in [2.05, 4.69) is 10.5 Å². The number of carbonyl (C=O) groups excluding carboxylic acids is 2. The minimum Gasteiger partial charge on any atom is -0.503 e. The summed E-state index contributed by atoms with van der Waals surface area (Å²) < 4.78 is 30.1. The van der Waals surface area contributed by atoms with Crippen molar-refractivity contribution in [2.75, 3.05) is 12.4 Å². The van der Waals surface area contributed by atoms with Crippen molar-refractivity contribution in [3.05, 3.63) is 62.6 Å². The molecule has 0 radical (unpaired) electrons. The average molecular weight is 577 g/mol. The Bertz CT molecular complexity index is 1440. The molecule has 0 unspecified atom stereocenters. The van der Waals surface area contributed by atoms with Crippen molar-refractivity contribution in [3.63, 3.8) is 0 Å².